The lowest BCUT2D eigenvalue weighted by atomic mass is 9.89. The minimum absolute atomic E-state index is 0.468. The molecule has 4 rings (SSSR count). The van der Waals surface area contributed by atoms with Crippen LogP contribution in [0.4, 0.5) is 0 Å². The molecule has 2 aromatic heterocycles. The quantitative estimate of drug-likeness (QED) is 0.898. The van der Waals surface area contributed by atoms with E-state index >= 15 is 0 Å². The molecule has 6 heteroatoms. The highest BCUT2D eigenvalue weighted by Gasteiger charge is 2.51. The normalized spacial score (nSPS) is 21.6. The Morgan fingerprint density at radius 1 is 1.35 bits per heavy atom. The zero-order valence-electron chi connectivity index (χ0n) is 11.1. The van der Waals surface area contributed by atoms with Crippen molar-refractivity contribution in [3.05, 3.63) is 30.3 Å². The fraction of sp³-hybridized carbons (Fsp3) is 0.500. The lowest BCUT2D eigenvalue weighted by molar-refractivity contribution is -0.119. The molecule has 1 saturated carbocycles. The van der Waals surface area contributed by atoms with Gasteiger partial charge in [0.25, 0.3) is 0 Å². The Hall–Kier alpha value is -1.79. The van der Waals surface area contributed by atoms with Crippen molar-refractivity contribution >= 4 is 0 Å². The Morgan fingerprint density at radius 3 is 2.90 bits per heavy atom. The van der Waals surface area contributed by atoms with Crippen molar-refractivity contribution in [2.75, 3.05) is 13.1 Å². The predicted octanol–water partition coefficient (Wildman–Crippen LogP) is 1.09. The number of hydrogen-bond donors (Lipinski definition) is 1. The number of β-amino-alcohol motifs (C(OH)–C–C–N with tert-alkyl or cyclic N) is 1. The standard InChI is InChI=1S/C14H16N4O2/c19-14(10-4-5-10)8-18(9-14)7-12-16-13(17-20-12)11-3-1-2-6-15-11/h1-3,6,10,19H,4-5,7-9H2. The number of aliphatic hydroxyl groups is 1. The van der Waals surface area contributed by atoms with E-state index in [4.69, 9.17) is 4.52 Å². The topological polar surface area (TPSA) is 75.3 Å². The lowest BCUT2D eigenvalue weighted by Crippen LogP contribution is -2.62. The summed E-state index contributed by atoms with van der Waals surface area (Å²) >= 11 is 0. The maximum atomic E-state index is 10.3. The molecule has 104 valence electrons. The Bertz CT molecular complexity index is 603. The number of hydrogen-bond acceptors (Lipinski definition) is 6. The lowest BCUT2D eigenvalue weighted by Gasteiger charge is -2.46. The Morgan fingerprint density at radius 2 is 2.20 bits per heavy atom. The molecule has 0 aromatic carbocycles. The van der Waals surface area contributed by atoms with Crippen molar-refractivity contribution in [3.8, 4) is 11.5 Å². The van der Waals surface area contributed by atoms with Crippen LogP contribution in [0.5, 0.6) is 0 Å². The van der Waals surface area contributed by atoms with E-state index in [2.05, 4.69) is 20.0 Å². The van der Waals surface area contributed by atoms with Gasteiger partial charge in [0.15, 0.2) is 0 Å². The number of nitrogens with zero attached hydrogens (tertiary/aromatic N) is 4. The van der Waals surface area contributed by atoms with Crippen LogP contribution in [0.25, 0.3) is 11.5 Å². The molecule has 2 aliphatic rings. The average Bonchev–Trinajstić information content (AvgIpc) is 3.19. The third-order valence-electron chi connectivity index (χ3n) is 4.05. The van der Waals surface area contributed by atoms with Crippen LogP contribution in [0.2, 0.25) is 0 Å². The molecule has 2 aromatic rings. The highest BCUT2D eigenvalue weighted by atomic mass is 16.5. The Kier molecular flexibility index (Phi) is 2.61. The molecule has 0 radical (unpaired) electrons. The molecule has 0 atom stereocenters. The number of aromatic nitrogens is 3. The first-order valence-corrected chi connectivity index (χ1v) is 6.92. The van der Waals surface area contributed by atoms with Crippen molar-refractivity contribution in [2.45, 2.75) is 25.0 Å². The fourth-order valence-corrected chi connectivity index (χ4v) is 2.83. The first kappa shape index (κ1) is 12.0. The molecule has 0 unspecified atom stereocenters. The molecule has 2 fully saturated rings. The van der Waals surface area contributed by atoms with Crippen molar-refractivity contribution in [1.29, 1.82) is 0 Å². The maximum Gasteiger partial charge on any atom is 0.241 e. The van der Waals surface area contributed by atoms with Gasteiger partial charge in [-0.3, -0.25) is 9.88 Å². The molecule has 20 heavy (non-hydrogen) atoms. The summed E-state index contributed by atoms with van der Waals surface area (Å²) in [5.41, 5.74) is 0.240. The third-order valence-corrected chi connectivity index (χ3v) is 4.05. The fourth-order valence-electron chi connectivity index (χ4n) is 2.83. The van der Waals surface area contributed by atoms with Gasteiger partial charge >= 0.3 is 0 Å². The first-order chi connectivity index (χ1) is 9.73. The summed E-state index contributed by atoms with van der Waals surface area (Å²) < 4.78 is 5.25. The molecule has 6 nitrogen and oxygen atoms in total. The van der Waals surface area contributed by atoms with Gasteiger partial charge in [-0.15, -0.1) is 0 Å². The smallest absolute Gasteiger partial charge is 0.241 e. The molecule has 3 heterocycles. The second-order valence-electron chi connectivity index (χ2n) is 5.75. The van der Waals surface area contributed by atoms with Gasteiger partial charge in [-0.05, 0) is 30.9 Å². The van der Waals surface area contributed by atoms with Gasteiger partial charge < -0.3 is 9.63 Å². The van der Waals surface area contributed by atoms with E-state index in [1.165, 1.54) is 0 Å². The van der Waals surface area contributed by atoms with E-state index in [9.17, 15) is 5.11 Å². The number of pyridine rings is 1. The molecular weight excluding hydrogens is 256 g/mol. The summed E-state index contributed by atoms with van der Waals surface area (Å²) in [4.78, 5) is 10.7. The van der Waals surface area contributed by atoms with Crippen LogP contribution < -0.4 is 0 Å². The van der Waals surface area contributed by atoms with E-state index < -0.39 is 5.60 Å². The van der Waals surface area contributed by atoms with E-state index in [0.717, 1.165) is 12.8 Å². The first-order valence-electron chi connectivity index (χ1n) is 6.92. The zero-order chi connectivity index (χ0) is 13.6. The molecule has 1 aliphatic carbocycles. The third kappa shape index (κ3) is 2.10. The van der Waals surface area contributed by atoms with Crippen molar-refractivity contribution in [1.82, 2.24) is 20.0 Å². The molecule has 0 amide bonds. The van der Waals surface area contributed by atoms with Gasteiger partial charge in [0.2, 0.25) is 11.7 Å². The van der Waals surface area contributed by atoms with Crippen LogP contribution in [0.15, 0.2) is 28.9 Å². The van der Waals surface area contributed by atoms with Crippen LogP contribution in [-0.4, -0.2) is 43.8 Å². The summed E-state index contributed by atoms with van der Waals surface area (Å²) in [6, 6.07) is 5.59. The summed E-state index contributed by atoms with van der Waals surface area (Å²) in [7, 11) is 0. The van der Waals surface area contributed by atoms with Gasteiger partial charge in [-0.1, -0.05) is 11.2 Å². The van der Waals surface area contributed by atoms with E-state index in [1.807, 2.05) is 18.2 Å². The van der Waals surface area contributed by atoms with E-state index in [1.54, 1.807) is 6.20 Å². The minimum atomic E-state index is -0.468. The van der Waals surface area contributed by atoms with Gasteiger partial charge in [0.05, 0.1) is 12.1 Å². The summed E-state index contributed by atoms with van der Waals surface area (Å²) in [6.45, 7) is 2.01. The monoisotopic (exact) mass is 272 g/mol. The molecular formula is C14H16N4O2. The van der Waals surface area contributed by atoms with Gasteiger partial charge in [0, 0.05) is 19.3 Å². The summed E-state index contributed by atoms with van der Waals surface area (Å²) in [6.07, 6.45) is 4.03. The molecule has 1 aliphatic heterocycles. The number of rotatable bonds is 4. The van der Waals surface area contributed by atoms with Gasteiger partial charge in [0.1, 0.15) is 5.69 Å². The molecule has 0 bridgehead atoms. The van der Waals surface area contributed by atoms with Crippen LogP contribution in [0.1, 0.15) is 18.7 Å². The summed E-state index contributed by atoms with van der Waals surface area (Å²) in [5, 5.41) is 14.2. The highest BCUT2D eigenvalue weighted by Crippen LogP contribution is 2.44. The zero-order valence-corrected chi connectivity index (χ0v) is 11.1. The second kappa shape index (κ2) is 4.36. The molecule has 1 N–H and O–H groups in total. The van der Waals surface area contributed by atoms with Gasteiger partial charge in [-0.25, -0.2) is 0 Å². The maximum absolute atomic E-state index is 10.3. The van der Waals surface area contributed by atoms with Crippen LogP contribution >= 0.6 is 0 Å². The minimum Gasteiger partial charge on any atom is -0.387 e. The Balaban J connectivity index is 1.40. The molecule has 1 saturated heterocycles. The van der Waals surface area contributed by atoms with Crippen LogP contribution in [-0.2, 0) is 6.54 Å². The van der Waals surface area contributed by atoms with Crippen molar-refractivity contribution < 1.29 is 9.63 Å². The Labute approximate surface area is 116 Å². The highest BCUT2D eigenvalue weighted by molar-refractivity contribution is 5.46. The SMILES string of the molecule is OC1(C2CC2)CN(Cc2nc(-c3ccccn3)no2)C1. The predicted molar refractivity (Wildman–Crippen MR) is 70.5 cm³/mol. The largest absolute Gasteiger partial charge is 0.387 e. The van der Waals surface area contributed by atoms with Crippen LogP contribution in [0, 0.1) is 5.92 Å². The van der Waals surface area contributed by atoms with Crippen molar-refractivity contribution in [2.24, 2.45) is 5.92 Å². The average molecular weight is 272 g/mol. The second-order valence-corrected chi connectivity index (χ2v) is 5.75. The number of likely N-dealkylation sites (tertiary alicyclic amines) is 1. The van der Waals surface area contributed by atoms with E-state index in [-0.39, 0.29) is 0 Å². The van der Waals surface area contributed by atoms with Gasteiger partial charge in [-0.2, -0.15) is 4.98 Å². The summed E-state index contributed by atoms with van der Waals surface area (Å²) in [5.74, 6) is 1.59. The van der Waals surface area contributed by atoms with Crippen LogP contribution in [0.3, 0.4) is 0 Å². The van der Waals surface area contributed by atoms with E-state index in [0.29, 0.717) is 43.0 Å². The van der Waals surface area contributed by atoms with Crippen molar-refractivity contribution in [3.63, 3.8) is 0 Å². The molecule has 0 spiro atoms.